The summed E-state index contributed by atoms with van der Waals surface area (Å²) in [6, 6.07) is 5.85. The lowest BCUT2D eigenvalue weighted by Gasteiger charge is -2.29. The van der Waals surface area contributed by atoms with Gasteiger partial charge >= 0.3 is 0 Å². The van der Waals surface area contributed by atoms with Gasteiger partial charge < -0.3 is 0 Å². The number of halogens is 1. The predicted molar refractivity (Wildman–Crippen MR) is 66.5 cm³/mol. The highest BCUT2D eigenvalue weighted by molar-refractivity contribution is 7.93. The van der Waals surface area contributed by atoms with E-state index in [0.29, 0.717) is 6.54 Å². The summed E-state index contributed by atoms with van der Waals surface area (Å²) in [6.07, 6.45) is 1.79. The zero-order valence-electron chi connectivity index (χ0n) is 9.11. The SMILES string of the molecule is Cc1ccc2c(c1)CCCN2S(=O)(=O)CCl. The molecule has 5 heteroatoms. The average molecular weight is 260 g/mol. The summed E-state index contributed by atoms with van der Waals surface area (Å²) in [4.78, 5) is 0. The Balaban J connectivity index is 2.49. The number of sulfonamides is 1. The van der Waals surface area contributed by atoms with Crippen LogP contribution in [-0.2, 0) is 16.4 Å². The van der Waals surface area contributed by atoms with Crippen molar-refractivity contribution in [1.29, 1.82) is 0 Å². The molecule has 0 aromatic heterocycles. The van der Waals surface area contributed by atoms with E-state index in [1.54, 1.807) is 0 Å². The number of nitrogens with zero attached hydrogens (tertiary/aromatic N) is 1. The van der Waals surface area contributed by atoms with Crippen molar-refractivity contribution in [2.45, 2.75) is 19.8 Å². The molecule has 0 unspecified atom stereocenters. The highest BCUT2D eigenvalue weighted by Gasteiger charge is 2.26. The van der Waals surface area contributed by atoms with E-state index in [1.165, 1.54) is 4.31 Å². The molecule has 16 heavy (non-hydrogen) atoms. The summed E-state index contributed by atoms with van der Waals surface area (Å²) in [7, 11) is -3.35. The third-order valence-electron chi connectivity index (χ3n) is 2.78. The second-order valence-corrected chi connectivity index (χ2v) is 6.51. The van der Waals surface area contributed by atoms with Gasteiger partial charge in [0.05, 0.1) is 5.69 Å². The van der Waals surface area contributed by atoms with Gasteiger partial charge in [-0.05, 0) is 31.4 Å². The molecule has 0 N–H and O–H groups in total. The summed E-state index contributed by atoms with van der Waals surface area (Å²) >= 11 is 5.49. The molecule has 0 bridgehead atoms. The molecule has 0 fully saturated rings. The highest BCUT2D eigenvalue weighted by Crippen LogP contribution is 2.30. The quantitative estimate of drug-likeness (QED) is 0.764. The fourth-order valence-electron chi connectivity index (χ4n) is 2.04. The lowest BCUT2D eigenvalue weighted by molar-refractivity contribution is 0.591. The minimum absolute atomic E-state index is 0.361. The van der Waals surface area contributed by atoms with Crippen molar-refractivity contribution in [3.05, 3.63) is 29.3 Å². The molecule has 0 amide bonds. The van der Waals surface area contributed by atoms with E-state index in [0.717, 1.165) is 29.7 Å². The molecule has 0 saturated heterocycles. The van der Waals surface area contributed by atoms with Gasteiger partial charge in [-0.3, -0.25) is 4.31 Å². The Morgan fingerprint density at radius 2 is 2.19 bits per heavy atom. The van der Waals surface area contributed by atoms with E-state index < -0.39 is 10.0 Å². The maximum atomic E-state index is 11.8. The van der Waals surface area contributed by atoms with E-state index in [4.69, 9.17) is 11.6 Å². The highest BCUT2D eigenvalue weighted by atomic mass is 35.5. The lowest BCUT2D eigenvalue weighted by atomic mass is 10.0. The van der Waals surface area contributed by atoms with Gasteiger partial charge in [0.25, 0.3) is 0 Å². The molecule has 0 aliphatic carbocycles. The van der Waals surface area contributed by atoms with Gasteiger partial charge in [-0.25, -0.2) is 8.42 Å². The number of hydrogen-bond donors (Lipinski definition) is 0. The molecule has 3 nitrogen and oxygen atoms in total. The van der Waals surface area contributed by atoms with Crippen molar-refractivity contribution < 1.29 is 8.42 Å². The van der Waals surface area contributed by atoms with Gasteiger partial charge in [0.15, 0.2) is 0 Å². The van der Waals surface area contributed by atoms with Crippen molar-refractivity contribution in [3.63, 3.8) is 0 Å². The number of anilines is 1. The number of benzene rings is 1. The predicted octanol–water partition coefficient (Wildman–Crippen LogP) is 2.27. The Bertz CT molecular complexity index is 499. The molecule has 0 radical (unpaired) electrons. The van der Waals surface area contributed by atoms with Crippen LogP contribution in [0.15, 0.2) is 18.2 Å². The van der Waals surface area contributed by atoms with Crippen LogP contribution in [0.3, 0.4) is 0 Å². The average Bonchev–Trinajstić information content (AvgIpc) is 2.27. The number of rotatable bonds is 2. The molecule has 88 valence electrons. The summed E-state index contributed by atoms with van der Waals surface area (Å²) in [6.45, 7) is 2.54. The molecule has 1 aromatic rings. The van der Waals surface area contributed by atoms with Crippen LogP contribution >= 0.6 is 11.6 Å². The minimum atomic E-state index is -3.35. The molecular formula is C11H14ClNO2S. The first-order valence-electron chi connectivity index (χ1n) is 5.20. The third kappa shape index (κ3) is 2.04. The van der Waals surface area contributed by atoms with Crippen molar-refractivity contribution in [2.24, 2.45) is 0 Å². The summed E-state index contributed by atoms with van der Waals surface area (Å²) in [5, 5.41) is -0.361. The normalized spacial score (nSPS) is 16.0. The maximum Gasteiger partial charge on any atom is 0.249 e. The van der Waals surface area contributed by atoms with Crippen molar-refractivity contribution in [2.75, 3.05) is 16.1 Å². The minimum Gasteiger partial charge on any atom is -0.269 e. The monoisotopic (exact) mass is 259 g/mol. The fraction of sp³-hybridized carbons (Fsp3) is 0.455. The second kappa shape index (κ2) is 4.26. The molecule has 0 spiro atoms. The van der Waals surface area contributed by atoms with Crippen molar-refractivity contribution in [3.8, 4) is 0 Å². The van der Waals surface area contributed by atoms with E-state index in [-0.39, 0.29) is 5.21 Å². The van der Waals surface area contributed by atoms with Crippen LogP contribution in [0.2, 0.25) is 0 Å². The first-order chi connectivity index (χ1) is 7.54. The van der Waals surface area contributed by atoms with Crippen LogP contribution in [0.1, 0.15) is 17.5 Å². The van der Waals surface area contributed by atoms with E-state index in [9.17, 15) is 8.42 Å². The van der Waals surface area contributed by atoms with Gasteiger partial charge in [0.2, 0.25) is 10.0 Å². The van der Waals surface area contributed by atoms with Crippen molar-refractivity contribution >= 4 is 27.3 Å². The van der Waals surface area contributed by atoms with Crippen molar-refractivity contribution in [1.82, 2.24) is 0 Å². The van der Waals surface area contributed by atoms with E-state index in [2.05, 4.69) is 0 Å². The Morgan fingerprint density at radius 3 is 2.88 bits per heavy atom. The number of hydrogen-bond acceptors (Lipinski definition) is 2. The molecule has 0 atom stereocenters. The lowest BCUT2D eigenvalue weighted by Crippen LogP contribution is -2.36. The van der Waals surface area contributed by atoms with E-state index >= 15 is 0 Å². The van der Waals surface area contributed by atoms with E-state index in [1.807, 2.05) is 25.1 Å². The number of fused-ring (bicyclic) bond motifs is 1. The number of aryl methyl sites for hydroxylation is 2. The maximum absolute atomic E-state index is 11.8. The Labute approximate surface area is 101 Å². The van der Waals surface area contributed by atoms with Gasteiger partial charge in [-0.1, -0.05) is 17.7 Å². The van der Waals surface area contributed by atoms with Crippen LogP contribution in [0.25, 0.3) is 0 Å². The number of alkyl halides is 1. The first-order valence-corrected chi connectivity index (χ1v) is 7.35. The zero-order valence-corrected chi connectivity index (χ0v) is 10.7. The first kappa shape index (κ1) is 11.7. The summed E-state index contributed by atoms with van der Waals surface area (Å²) in [5.41, 5.74) is 3.04. The van der Waals surface area contributed by atoms with Gasteiger partial charge in [-0.2, -0.15) is 0 Å². The van der Waals surface area contributed by atoms with Crippen LogP contribution in [0, 0.1) is 6.92 Å². The van der Waals surface area contributed by atoms with Crippen LogP contribution in [0.4, 0.5) is 5.69 Å². The smallest absolute Gasteiger partial charge is 0.249 e. The summed E-state index contributed by atoms with van der Waals surface area (Å²) < 4.78 is 25.0. The Hall–Kier alpha value is -0.740. The Morgan fingerprint density at radius 1 is 1.44 bits per heavy atom. The van der Waals surface area contributed by atoms with Gasteiger partial charge in [0, 0.05) is 6.54 Å². The topological polar surface area (TPSA) is 37.4 Å². The largest absolute Gasteiger partial charge is 0.269 e. The fourth-order valence-corrected chi connectivity index (χ4v) is 3.40. The summed E-state index contributed by atoms with van der Waals surface area (Å²) in [5.74, 6) is 0. The van der Waals surface area contributed by atoms with Gasteiger partial charge in [-0.15, -0.1) is 11.6 Å². The molecule has 1 heterocycles. The molecule has 2 rings (SSSR count). The molecule has 1 aliphatic heterocycles. The molecule has 1 aliphatic rings. The molecule has 0 saturated carbocycles. The Kier molecular flexibility index (Phi) is 3.13. The van der Waals surface area contributed by atoms with Gasteiger partial charge in [0.1, 0.15) is 5.21 Å². The zero-order chi connectivity index (χ0) is 11.8. The molecule has 1 aromatic carbocycles. The third-order valence-corrected chi connectivity index (χ3v) is 4.94. The van der Waals surface area contributed by atoms with Crippen LogP contribution < -0.4 is 4.31 Å². The second-order valence-electron chi connectivity index (χ2n) is 4.03. The van der Waals surface area contributed by atoms with Crippen LogP contribution in [0.5, 0.6) is 0 Å². The van der Waals surface area contributed by atoms with Crippen LogP contribution in [-0.4, -0.2) is 20.2 Å². The molecular weight excluding hydrogens is 246 g/mol. The standard InChI is InChI=1S/C11H14ClNO2S/c1-9-4-5-11-10(7-9)3-2-6-13(11)16(14,15)8-12/h4-5,7H,2-3,6,8H2,1H3.